The molecule has 1 N–H and O–H groups in total. The number of anilines is 1. The molecule has 1 aromatic carbocycles. The zero-order chi connectivity index (χ0) is 16.9. The molecular formula is C18H18FN3O2. The largest absolute Gasteiger partial charge is 0.355 e. The number of pyridine rings is 1. The molecule has 1 atom stereocenters. The van der Waals surface area contributed by atoms with E-state index in [0.717, 1.165) is 5.69 Å². The Morgan fingerprint density at radius 1 is 1.29 bits per heavy atom. The molecule has 2 amide bonds. The lowest BCUT2D eigenvalue weighted by atomic mass is 10.1. The predicted octanol–water partition coefficient (Wildman–Crippen LogP) is 1.93. The Morgan fingerprint density at radius 3 is 2.92 bits per heavy atom. The number of hydrogen-bond acceptors (Lipinski definition) is 3. The summed E-state index contributed by atoms with van der Waals surface area (Å²) in [5, 5.41) is 2.85. The van der Waals surface area contributed by atoms with E-state index in [9.17, 15) is 14.0 Å². The number of benzene rings is 1. The maximum atomic E-state index is 13.3. The molecule has 5 nitrogen and oxygen atoms in total. The Labute approximate surface area is 139 Å². The SMILES string of the molecule is O=C(NCCc1ccccn1)C1CC(=O)N(c2cccc(F)c2)C1. The molecule has 1 aliphatic heterocycles. The Balaban J connectivity index is 1.54. The molecule has 0 saturated carbocycles. The van der Waals surface area contributed by atoms with Crippen molar-refractivity contribution >= 4 is 17.5 Å². The number of rotatable bonds is 5. The molecule has 1 fully saturated rings. The minimum absolute atomic E-state index is 0.145. The fourth-order valence-corrected chi connectivity index (χ4v) is 2.78. The summed E-state index contributed by atoms with van der Waals surface area (Å²) < 4.78 is 13.3. The predicted molar refractivity (Wildman–Crippen MR) is 87.8 cm³/mol. The number of aromatic nitrogens is 1. The van der Waals surface area contributed by atoms with Gasteiger partial charge in [-0.25, -0.2) is 4.39 Å². The molecule has 1 unspecified atom stereocenters. The van der Waals surface area contributed by atoms with Gasteiger partial charge in [0.05, 0.1) is 5.92 Å². The van der Waals surface area contributed by atoms with Crippen LogP contribution in [0.2, 0.25) is 0 Å². The summed E-state index contributed by atoms with van der Waals surface area (Å²) >= 11 is 0. The minimum atomic E-state index is -0.413. The molecule has 0 bridgehead atoms. The van der Waals surface area contributed by atoms with Gasteiger partial charge in [0, 0.05) is 43.5 Å². The van der Waals surface area contributed by atoms with Gasteiger partial charge in [0.1, 0.15) is 5.82 Å². The average molecular weight is 327 g/mol. The van der Waals surface area contributed by atoms with Crippen LogP contribution in [0.25, 0.3) is 0 Å². The summed E-state index contributed by atoms with van der Waals surface area (Å²) in [6.45, 7) is 0.748. The van der Waals surface area contributed by atoms with Gasteiger partial charge >= 0.3 is 0 Å². The molecule has 1 aromatic heterocycles. The second kappa shape index (κ2) is 7.21. The lowest BCUT2D eigenvalue weighted by Gasteiger charge is -2.16. The van der Waals surface area contributed by atoms with Gasteiger partial charge in [-0.05, 0) is 30.3 Å². The van der Waals surface area contributed by atoms with Crippen LogP contribution in [0.1, 0.15) is 12.1 Å². The molecule has 6 heteroatoms. The molecule has 0 aliphatic carbocycles. The van der Waals surface area contributed by atoms with Crippen molar-refractivity contribution in [1.82, 2.24) is 10.3 Å². The van der Waals surface area contributed by atoms with Crippen molar-refractivity contribution in [2.45, 2.75) is 12.8 Å². The van der Waals surface area contributed by atoms with E-state index in [-0.39, 0.29) is 24.8 Å². The molecule has 0 spiro atoms. The van der Waals surface area contributed by atoms with Gasteiger partial charge in [0.15, 0.2) is 0 Å². The molecule has 2 heterocycles. The Hall–Kier alpha value is -2.76. The van der Waals surface area contributed by atoms with E-state index < -0.39 is 11.7 Å². The Morgan fingerprint density at radius 2 is 2.17 bits per heavy atom. The minimum Gasteiger partial charge on any atom is -0.355 e. The summed E-state index contributed by atoms with van der Waals surface area (Å²) in [5.74, 6) is -1.13. The summed E-state index contributed by atoms with van der Waals surface area (Å²) in [4.78, 5) is 30.0. The van der Waals surface area contributed by atoms with E-state index in [4.69, 9.17) is 0 Å². The first kappa shape index (κ1) is 16.1. The lowest BCUT2D eigenvalue weighted by Crippen LogP contribution is -2.34. The summed E-state index contributed by atoms with van der Waals surface area (Å²) in [7, 11) is 0. The van der Waals surface area contributed by atoms with Crippen LogP contribution in [0.15, 0.2) is 48.7 Å². The molecule has 2 aromatic rings. The zero-order valence-corrected chi connectivity index (χ0v) is 13.1. The molecule has 24 heavy (non-hydrogen) atoms. The number of hydrogen-bond donors (Lipinski definition) is 1. The van der Waals surface area contributed by atoms with Gasteiger partial charge in [-0.2, -0.15) is 0 Å². The van der Waals surface area contributed by atoms with Gasteiger partial charge in [-0.1, -0.05) is 12.1 Å². The first-order valence-electron chi connectivity index (χ1n) is 7.87. The van der Waals surface area contributed by atoms with Gasteiger partial charge < -0.3 is 10.2 Å². The third kappa shape index (κ3) is 3.76. The number of halogens is 1. The van der Waals surface area contributed by atoms with Crippen molar-refractivity contribution in [1.29, 1.82) is 0 Å². The van der Waals surface area contributed by atoms with Gasteiger partial charge in [0.25, 0.3) is 0 Å². The number of carbonyl (C=O) groups excluding carboxylic acids is 2. The maximum absolute atomic E-state index is 13.3. The third-order valence-electron chi connectivity index (χ3n) is 4.02. The second-order valence-electron chi connectivity index (χ2n) is 5.75. The fraction of sp³-hybridized carbons (Fsp3) is 0.278. The highest BCUT2D eigenvalue weighted by Crippen LogP contribution is 2.25. The van der Waals surface area contributed by atoms with E-state index >= 15 is 0 Å². The van der Waals surface area contributed by atoms with E-state index in [1.54, 1.807) is 18.3 Å². The van der Waals surface area contributed by atoms with Crippen LogP contribution < -0.4 is 10.2 Å². The van der Waals surface area contributed by atoms with Crippen molar-refractivity contribution in [2.75, 3.05) is 18.0 Å². The quantitative estimate of drug-likeness (QED) is 0.913. The Kier molecular flexibility index (Phi) is 4.84. The van der Waals surface area contributed by atoms with Crippen LogP contribution in [-0.4, -0.2) is 29.9 Å². The van der Waals surface area contributed by atoms with Crippen LogP contribution in [0.4, 0.5) is 10.1 Å². The number of nitrogens with one attached hydrogen (secondary N) is 1. The molecular weight excluding hydrogens is 309 g/mol. The fourth-order valence-electron chi connectivity index (χ4n) is 2.78. The second-order valence-corrected chi connectivity index (χ2v) is 5.75. The van der Waals surface area contributed by atoms with Gasteiger partial charge in [-0.15, -0.1) is 0 Å². The summed E-state index contributed by atoms with van der Waals surface area (Å²) in [5.41, 5.74) is 1.39. The lowest BCUT2D eigenvalue weighted by molar-refractivity contribution is -0.126. The number of carbonyl (C=O) groups is 2. The molecule has 1 saturated heterocycles. The van der Waals surface area contributed by atoms with E-state index in [0.29, 0.717) is 18.7 Å². The van der Waals surface area contributed by atoms with E-state index in [1.807, 2.05) is 18.2 Å². The highest BCUT2D eigenvalue weighted by molar-refractivity contribution is 6.00. The molecule has 0 radical (unpaired) electrons. The first-order chi connectivity index (χ1) is 11.6. The Bertz CT molecular complexity index is 736. The van der Waals surface area contributed by atoms with Crippen molar-refractivity contribution < 1.29 is 14.0 Å². The van der Waals surface area contributed by atoms with Crippen LogP contribution in [0.3, 0.4) is 0 Å². The maximum Gasteiger partial charge on any atom is 0.227 e. The number of nitrogens with zero attached hydrogens (tertiary/aromatic N) is 2. The van der Waals surface area contributed by atoms with Gasteiger partial charge in [0.2, 0.25) is 11.8 Å². The van der Waals surface area contributed by atoms with E-state index in [2.05, 4.69) is 10.3 Å². The van der Waals surface area contributed by atoms with Crippen LogP contribution in [0.5, 0.6) is 0 Å². The van der Waals surface area contributed by atoms with Crippen molar-refractivity contribution in [3.8, 4) is 0 Å². The van der Waals surface area contributed by atoms with Crippen LogP contribution in [-0.2, 0) is 16.0 Å². The van der Waals surface area contributed by atoms with Gasteiger partial charge in [-0.3, -0.25) is 14.6 Å². The average Bonchev–Trinajstić information content (AvgIpc) is 2.98. The van der Waals surface area contributed by atoms with Crippen molar-refractivity contribution in [2.24, 2.45) is 5.92 Å². The standard InChI is InChI=1S/C18H18FN3O2/c19-14-4-3-6-16(11-14)22-12-13(10-17(22)23)18(24)21-9-7-15-5-1-2-8-20-15/h1-6,8,11,13H,7,9-10,12H2,(H,21,24). The van der Waals surface area contributed by atoms with Crippen molar-refractivity contribution in [3.63, 3.8) is 0 Å². The summed E-state index contributed by atoms with van der Waals surface area (Å²) in [6.07, 6.45) is 2.50. The topological polar surface area (TPSA) is 62.3 Å². The normalized spacial score (nSPS) is 17.1. The van der Waals surface area contributed by atoms with Crippen LogP contribution >= 0.6 is 0 Å². The number of amides is 2. The zero-order valence-electron chi connectivity index (χ0n) is 13.1. The highest BCUT2D eigenvalue weighted by atomic mass is 19.1. The smallest absolute Gasteiger partial charge is 0.227 e. The summed E-state index contributed by atoms with van der Waals surface area (Å²) in [6, 6.07) is 11.5. The van der Waals surface area contributed by atoms with E-state index in [1.165, 1.54) is 17.0 Å². The first-order valence-corrected chi connectivity index (χ1v) is 7.87. The van der Waals surface area contributed by atoms with Crippen molar-refractivity contribution in [3.05, 3.63) is 60.2 Å². The monoisotopic (exact) mass is 327 g/mol. The third-order valence-corrected chi connectivity index (χ3v) is 4.02. The van der Waals surface area contributed by atoms with Crippen LogP contribution in [0, 0.1) is 11.7 Å². The highest BCUT2D eigenvalue weighted by Gasteiger charge is 2.35. The molecule has 1 aliphatic rings. The molecule has 124 valence electrons. The molecule has 3 rings (SSSR count).